The summed E-state index contributed by atoms with van der Waals surface area (Å²) in [4.78, 5) is 0. The zero-order valence-electron chi connectivity index (χ0n) is 11.1. The average molecular weight is 250 g/mol. The molecule has 98 valence electrons. The van der Waals surface area contributed by atoms with E-state index in [-0.39, 0.29) is 11.1 Å². The average Bonchev–Trinajstić information content (AvgIpc) is 2.27. The van der Waals surface area contributed by atoms with Gasteiger partial charge >= 0.3 is 0 Å². The highest BCUT2D eigenvalue weighted by molar-refractivity contribution is 5.43. The Labute approximate surface area is 108 Å². The monoisotopic (exact) mass is 250 g/mol. The maximum absolute atomic E-state index is 13.3. The van der Waals surface area contributed by atoms with Crippen LogP contribution in [0.2, 0.25) is 0 Å². The van der Waals surface area contributed by atoms with E-state index in [9.17, 15) is 4.39 Å². The Bertz CT molecular complexity index is 432. The van der Waals surface area contributed by atoms with Crippen molar-refractivity contribution >= 4 is 0 Å². The normalized spacial score (nSPS) is 11.1. The highest BCUT2D eigenvalue weighted by atomic mass is 19.1. The van der Waals surface area contributed by atoms with Gasteiger partial charge in [0.1, 0.15) is 23.2 Å². The molecule has 0 aliphatic rings. The summed E-state index contributed by atoms with van der Waals surface area (Å²) in [5.74, 6) is -0.226. The van der Waals surface area contributed by atoms with Crippen LogP contribution in [0, 0.1) is 17.1 Å². The SMILES string of the molecule is CC(C)(C)NCCCOc1cccc(F)c1C#N. The molecule has 0 unspecified atom stereocenters. The molecular weight excluding hydrogens is 231 g/mol. The van der Waals surface area contributed by atoms with Crippen LogP contribution >= 0.6 is 0 Å². The van der Waals surface area contributed by atoms with Crippen molar-refractivity contribution in [2.75, 3.05) is 13.2 Å². The molecule has 1 aromatic carbocycles. The third-order valence-electron chi connectivity index (χ3n) is 2.32. The lowest BCUT2D eigenvalue weighted by atomic mass is 10.1. The molecule has 3 nitrogen and oxygen atoms in total. The number of halogens is 1. The predicted octanol–water partition coefficient (Wildman–Crippen LogP) is 2.85. The van der Waals surface area contributed by atoms with Crippen molar-refractivity contribution in [3.63, 3.8) is 0 Å². The summed E-state index contributed by atoms with van der Waals surface area (Å²) in [7, 11) is 0. The molecule has 0 aliphatic heterocycles. The summed E-state index contributed by atoms with van der Waals surface area (Å²) in [5.41, 5.74) is 0.0534. The number of nitrogens with zero attached hydrogens (tertiary/aromatic N) is 1. The van der Waals surface area contributed by atoms with Crippen LogP contribution < -0.4 is 10.1 Å². The molecule has 0 radical (unpaired) electrons. The van der Waals surface area contributed by atoms with Crippen LogP contribution in [0.15, 0.2) is 18.2 Å². The van der Waals surface area contributed by atoms with Crippen LogP contribution in [0.1, 0.15) is 32.8 Å². The molecule has 0 bridgehead atoms. The minimum absolute atomic E-state index is 0.0266. The van der Waals surface area contributed by atoms with Gasteiger partial charge in [-0.05, 0) is 45.9 Å². The van der Waals surface area contributed by atoms with Gasteiger partial charge in [0.25, 0.3) is 0 Å². The standard InChI is InChI=1S/C14H19FN2O/c1-14(2,3)17-8-5-9-18-13-7-4-6-12(15)11(13)10-16/h4,6-7,17H,5,8-9H2,1-3H3. The first-order valence-electron chi connectivity index (χ1n) is 6.00. The van der Waals surface area contributed by atoms with Crippen molar-refractivity contribution in [3.05, 3.63) is 29.6 Å². The molecule has 0 aromatic heterocycles. The third kappa shape index (κ3) is 4.72. The van der Waals surface area contributed by atoms with E-state index in [4.69, 9.17) is 10.00 Å². The third-order valence-corrected chi connectivity index (χ3v) is 2.32. The van der Waals surface area contributed by atoms with E-state index in [1.807, 2.05) is 6.07 Å². The van der Waals surface area contributed by atoms with Gasteiger partial charge in [0.15, 0.2) is 0 Å². The van der Waals surface area contributed by atoms with Crippen LogP contribution in [0.4, 0.5) is 4.39 Å². The molecular formula is C14H19FN2O. The molecule has 0 fully saturated rings. The molecule has 0 spiro atoms. The van der Waals surface area contributed by atoms with Crippen LogP contribution in [-0.4, -0.2) is 18.7 Å². The van der Waals surface area contributed by atoms with E-state index in [1.54, 1.807) is 12.1 Å². The van der Waals surface area contributed by atoms with Crippen molar-refractivity contribution in [2.45, 2.75) is 32.7 Å². The van der Waals surface area contributed by atoms with E-state index < -0.39 is 5.82 Å². The first-order chi connectivity index (χ1) is 8.44. The number of nitrogens with one attached hydrogen (secondary N) is 1. The second kappa shape index (κ2) is 6.36. The quantitative estimate of drug-likeness (QED) is 0.817. The van der Waals surface area contributed by atoms with E-state index in [0.717, 1.165) is 13.0 Å². The Hall–Kier alpha value is -1.60. The smallest absolute Gasteiger partial charge is 0.144 e. The molecule has 0 saturated heterocycles. The Morgan fingerprint density at radius 3 is 2.72 bits per heavy atom. The Morgan fingerprint density at radius 2 is 2.11 bits per heavy atom. The number of benzene rings is 1. The highest BCUT2D eigenvalue weighted by Crippen LogP contribution is 2.20. The van der Waals surface area contributed by atoms with Crippen molar-refractivity contribution in [1.82, 2.24) is 5.32 Å². The zero-order chi connectivity index (χ0) is 13.6. The summed E-state index contributed by atoms with van der Waals surface area (Å²) < 4.78 is 18.7. The van der Waals surface area contributed by atoms with Crippen molar-refractivity contribution in [1.29, 1.82) is 5.26 Å². The maximum Gasteiger partial charge on any atom is 0.144 e. The minimum atomic E-state index is -0.539. The van der Waals surface area contributed by atoms with Gasteiger partial charge in [0, 0.05) is 5.54 Å². The van der Waals surface area contributed by atoms with Gasteiger partial charge in [-0.15, -0.1) is 0 Å². The predicted molar refractivity (Wildman–Crippen MR) is 69.0 cm³/mol. The Kier molecular flexibility index (Phi) is 5.11. The van der Waals surface area contributed by atoms with Crippen LogP contribution in [0.3, 0.4) is 0 Å². The number of ether oxygens (including phenoxy) is 1. The first-order valence-corrected chi connectivity index (χ1v) is 6.00. The molecule has 1 rings (SSSR count). The zero-order valence-corrected chi connectivity index (χ0v) is 11.1. The maximum atomic E-state index is 13.3. The topological polar surface area (TPSA) is 45.0 Å². The summed E-state index contributed by atoms with van der Waals surface area (Å²) in [5, 5.41) is 12.2. The minimum Gasteiger partial charge on any atom is -0.492 e. The Balaban J connectivity index is 2.41. The molecule has 0 amide bonds. The molecule has 0 heterocycles. The van der Waals surface area contributed by atoms with Crippen molar-refractivity contribution < 1.29 is 9.13 Å². The molecule has 4 heteroatoms. The number of hydrogen-bond donors (Lipinski definition) is 1. The lowest BCUT2D eigenvalue weighted by Crippen LogP contribution is -2.36. The number of nitriles is 1. The van der Waals surface area contributed by atoms with Gasteiger partial charge in [0.2, 0.25) is 0 Å². The van der Waals surface area contributed by atoms with Gasteiger partial charge < -0.3 is 10.1 Å². The Morgan fingerprint density at radius 1 is 1.39 bits per heavy atom. The van der Waals surface area contributed by atoms with E-state index >= 15 is 0 Å². The van der Waals surface area contributed by atoms with Gasteiger partial charge in [-0.25, -0.2) is 4.39 Å². The fraction of sp³-hybridized carbons (Fsp3) is 0.500. The fourth-order valence-corrected chi connectivity index (χ4v) is 1.45. The molecule has 0 saturated carbocycles. The van der Waals surface area contributed by atoms with Gasteiger partial charge in [-0.3, -0.25) is 0 Å². The lowest BCUT2D eigenvalue weighted by molar-refractivity contribution is 0.296. The van der Waals surface area contributed by atoms with Crippen LogP contribution in [0.5, 0.6) is 5.75 Å². The summed E-state index contributed by atoms with van der Waals surface area (Å²) >= 11 is 0. The molecule has 0 aliphatic carbocycles. The first kappa shape index (κ1) is 14.5. The molecule has 1 N–H and O–H groups in total. The summed E-state index contributed by atoms with van der Waals surface area (Å²) in [6.45, 7) is 7.55. The second-order valence-electron chi connectivity index (χ2n) is 5.10. The van der Waals surface area contributed by atoms with Crippen molar-refractivity contribution in [2.24, 2.45) is 0 Å². The van der Waals surface area contributed by atoms with E-state index in [0.29, 0.717) is 12.4 Å². The molecule has 0 atom stereocenters. The number of hydrogen-bond acceptors (Lipinski definition) is 3. The lowest BCUT2D eigenvalue weighted by Gasteiger charge is -2.20. The number of rotatable bonds is 5. The largest absolute Gasteiger partial charge is 0.492 e. The summed E-state index contributed by atoms with van der Waals surface area (Å²) in [6, 6.07) is 6.22. The second-order valence-corrected chi connectivity index (χ2v) is 5.10. The van der Waals surface area contributed by atoms with Gasteiger partial charge in [-0.1, -0.05) is 6.07 Å². The molecule has 18 heavy (non-hydrogen) atoms. The fourth-order valence-electron chi connectivity index (χ4n) is 1.45. The molecule has 1 aromatic rings. The summed E-state index contributed by atoms with van der Waals surface area (Å²) in [6.07, 6.45) is 0.804. The highest BCUT2D eigenvalue weighted by Gasteiger charge is 2.09. The van der Waals surface area contributed by atoms with Crippen molar-refractivity contribution in [3.8, 4) is 11.8 Å². The van der Waals surface area contributed by atoms with Crippen LogP contribution in [0.25, 0.3) is 0 Å². The van der Waals surface area contributed by atoms with Gasteiger partial charge in [-0.2, -0.15) is 5.26 Å². The van der Waals surface area contributed by atoms with Crippen LogP contribution in [-0.2, 0) is 0 Å². The van der Waals surface area contributed by atoms with E-state index in [2.05, 4.69) is 26.1 Å². The van der Waals surface area contributed by atoms with E-state index in [1.165, 1.54) is 6.07 Å². The van der Waals surface area contributed by atoms with Gasteiger partial charge in [0.05, 0.1) is 6.61 Å².